The number of methoxy groups -OCH3 is 1. The quantitative estimate of drug-likeness (QED) is 0.531. The van der Waals surface area contributed by atoms with Crippen LogP contribution in [0.4, 0.5) is 10.5 Å². The summed E-state index contributed by atoms with van der Waals surface area (Å²) in [6, 6.07) is 4.36. The number of fused-ring (bicyclic) bond motifs is 3. The lowest BCUT2D eigenvalue weighted by Crippen LogP contribution is -2.42. The van der Waals surface area contributed by atoms with Gasteiger partial charge in [-0.05, 0) is 77.3 Å². The van der Waals surface area contributed by atoms with Gasteiger partial charge in [-0.3, -0.25) is 9.69 Å². The molecule has 8 heteroatoms. The first kappa shape index (κ1) is 25.1. The second-order valence-corrected chi connectivity index (χ2v) is 10.9. The molecule has 36 heavy (non-hydrogen) atoms. The van der Waals surface area contributed by atoms with Gasteiger partial charge in [0.25, 0.3) is 0 Å². The Bertz CT molecular complexity index is 1110. The molecule has 0 radical (unpaired) electrons. The Hall–Kier alpha value is -2.61. The first-order valence-electron chi connectivity index (χ1n) is 13.7. The van der Waals surface area contributed by atoms with Crippen LogP contribution < -0.4 is 4.90 Å². The van der Waals surface area contributed by atoms with Crippen LogP contribution in [0.1, 0.15) is 102 Å². The van der Waals surface area contributed by atoms with Gasteiger partial charge in [0, 0.05) is 17.6 Å². The number of hydrogen-bond acceptors (Lipinski definition) is 5. The van der Waals surface area contributed by atoms with E-state index in [-0.39, 0.29) is 36.3 Å². The number of carbonyl (C=O) groups is 2. The minimum Gasteiger partial charge on any atom is -0.481 e. The summed E-state index contributed by atoms with van der Waals surface area (Å²) < 4.78 is 14.0. The summed E-state index contributed by atoms with van der Waals surface area (Å²) in [5.74, 6) is -0.0338. The zero-order valence-electron chi connectivity index (χ0n) is 21.7. The van der Waals surface area contributed by atoms with Gasteiger partial charge in [0.15, 0.2) is 0 Å². The molecule has 1 aromatic heterocycles. The zero-order valence-corrected chi connectivity index (χ0v) is 21.7. The van der Waals surface area contributed by atoms with Crippen LogP contribution >= 0.6 is 0 Å². The molecule has 2 heterocycles. The van der Waals surface area contributed by atoms with Crippen LogP contribution in [0.25, 0.3) is 11.0 Å². The Kier molecular flexibility index (Phi) is 7.24. The Morgan fingerprint density at radius 2 is 1.78 bits per heavy atom. The molecule has 2 atom stereocenters. The molecule has 3 aliphatic rings. The van der Waals surface area contributed by atoms with E-state index in [0.717, 1.165) is 66.6 Å². The van der Waals surface area contributed by atoms with E-state index in [4.69, 9.17) is 14.5 Å². The largest absolute Gasteiger partial charge is 0.481 e. The maximum Gasteiger partial charge on any atom is 0.414 e. The van der Waals surface area contributed by atoms with Gasteiger partial charge in [-0.2, -0.15) is 0 Å². The van der Waals surface area contributed by atoms with Crippen LogP contribution in [0, 0.1) is 5.92 Å². The summed E-state index contributed by atoms with van der Waals surface area (Å²) in [6.07, 6.45) is 10.3. The van der Waals surface area contributed by atoms with Crippen LogP contribution in [0.5, 0.6) is 0 Å². The topological polar surface area (TPSA) is 93.9 Å². The van der Waals surface area contributed by atoms with Crippen molar-refractivity contribution in [1.29, 1.82) is 0 Å². The molecule has 196 valence electrons. The van der Waals surface area contributed by atoms with Crippen molar-refractivity contribution < 1.29 is 24.2 Å². The summed E-state index contributed by atoms with van der Waals surface area (Å²) >= 11 is 0. The maximum absolute atomic E-state index is 12.6. The van der Waals surface area contributed by atoms with Crippen LogP contribution in [0.2, 0.25) is 0 Å². The van der Waals surface area contributed by atoms with E-state index in [2.05, 4.69) is 24.5 Å². The monoisotopic (exact) mass is 497 g/mol. The number of carbonyl (C=O) groups excluding carboxylic acids is 1. The van der Waals surface area contributed by atoms with E-state index in [9.17, 15) is 14.7 Å². The molecule has 2 saturated carbocycles. The summed E-state index contributed by atoms with van der Waals surface area (Å²) in [5.41, 5.74) is 3.95. The third-order valence-corrected chi connectivity index (χ3v) is 8.58. The van der Waals surface area contributed by atoms with Gasteiger partial charge in [0.1, 0.15) is 11.9 Å². The predicted octanol–water partition coefficient (Wildman–Crippen LogP) is 6.17. The van der Waals surface area contributed by atoms with Gasteiger partial charge >= 0.3 is 12.1 Å². The average molecular weight is 498 g/mol. The summed E-state index contributed by atoms with van der Waals surface area (Å²) in [4.78, 5) is 31.1. The highest BCUT2D eigenvalue weighted by molar-refractivity contribution is 5.95. The number of carboxylic acid groups (broad SMARTS) is 1. The van der Waals surface area contributed by atoms with Crippen molar-refractivity contribution in [2.45, 2.75) is 109 Å². The minimum absolute atomic E-state index is 0.0591. The third kappa shape index (κ3) is 4.60. The number of ether oxygens (including phenoxy) is 2. The van der Waals surface area contributed by atoms with Gasteiger partial charge < -0.3 is 19.1 Å². The molecule has 0 saturated heterocycles. The highest BCUT2D eigenvalue weighted by Crippen LogP contribution is 2.42. The van der Waals surface area contributed by atoms with Crippen LogP contribution in [-0.2, 0) is 20.7 Å². The highest BCUT2D eigenvalue weighted by atomic mass is 16.5. The lowest BCUT2D eigenvalue weighted by Gasteiger charge is -2.34. The van der Waals surface area contributed by atoms with Gasteiger partial charge in [-0.1, -0.05) is 19.3 Å². The van der Waals surface area contributed by atoms with Crippen molar-refractivity contribution in [3.8, 4) is 0 Å². The molecule has 2 aromatic rings. The van der Waals surface area contributed by atoms with E-state index >= 15 is 0 Å². The van der Waals surface area contributed by atoms with Gasteiger partial charge in [-0.25, -0.2) is 9.78 Å². The molecule has 5 rings (SSSR count). The fourth-order valence-corrected chi connectivity index (χ4v) is 6.60. The number of benzene rings is 1. The average Bonchev–Trinajstić information content (AvgIpc) is 3.29. The third-order valence-electron chi connectivity index (χ3n) is 8.58. The number of rotatable bonds is 5. The molecule has 2 fully saturated rings. The molecule has 1 unspecified atom stereocenters. The standard InChI is InChI=1S/C28H39N3O5/c1-17-9-14-22-23(30(17)28(34)35-3)15-16-24-25(22)29-26(18(2)36-21-7-5-4-6-8-21)31(24)20-12-10-19(11-13-20)27(32)33/h15-21H,4-14H2,1-3H3,(H,32,33)/t17-,18?,19?,20?/m0/s1. The zero-order chi connectivity index (χ0) is 25.4. The highest BCUT2D eigenvalue weighted by Gasteiger charge is 2.35. The number of aliphatic carboxylic acids is 1. The molecule has 0 spiro atoms. The number of aromatic nitrogens is 2. The van der Waals surface area contributed by atoms with Crippen molar-refractivity contribution in [1.82, 2.24) is 9.55 Å². The first-order chi connectivity index (χ1) is 17.4. The van der Waals surface area contributed by atoms with Crippen LogP contribution in [-0.4, -0.2) is 46.0 Å². The summed E-state index contributed by atoms with van der Waals surface area (Å²) in [5, 5.41) is 9.51. The predicted molar refractivity (Wildman–Crippen MR) is 137 cm³/mol. The molecule has 0 bridgehead atoms. The number of anilines is 1. The number of aryl methyl sites for hydroxylation is 1. The molecular weight excluding hydrogens is 458 g/mol. The number of nitrogens with zero attached hydrogens (tertiary/aromatic N) is 3. The van der Waals surface area contributed by atoms with Gasteiger partial charge in [0.2, 0.25) is 0 Å². The molecule has 1 aliphatic heterocycles. The van der Waals surface area contributed by atoms with E-state index in [1.807, 2.05) is 6.07 Å². The molecule has 1 N–H and O–H groups in total. The smallest absolute Gasteiger partial charge is 0.414 e. The number of amides is 1. The van der Waals surface area contributed by atoms with E-state index in [0.29, 0.717) is 12.8 Å². The molecular formula is C28H39N3O5. The van der Waals surface area contributed by atoms with Crippen molar-refractivity contribution in [2.24, 2.45) is 5.92 Å². The number of imidazole rings is 1. The lowest BCUT2D eigenvalue weighted by atomic mass is 9.85. The van der Waals surface area contributed by atoms with Gasteiger partial charge in [0.05, 0.1) is 35.9 Å². The van der Waals surface area contributed by atoms with Crippen molar-refractivity contribution in [3.05, 3.63) is 23.5 Å². The fraction of sp³-hybridized carbons (Fsp3) is 0.679. The Morgan fingerprint density at radius 1 is 1.06 bits per heavy atom. The van der Waals surface area contributed by atoms with E-state index < -0.39 is 5.97 Å². The van der Waals surface area contributed by atoms with Crippen molar-refractivity contribution >= 4 is 28.8 Å². The Morgan fingerprint density at radius 3 is 2.44 bits per heavy atom. The molecule has 1 amide bonds. The molecule has 2 aliphatic carbocycles. The SMILES string of the molecule is COC(=O)N1c2ccc3c(nc(C(C)OC4CCCCC4)n3C3CCC(C(=O)O)CC3)c2CC[C@@H]1C. The Labute approximate surface area is 213 Å². The minimum atomic E-state index is -0.691. The van der Waals surface area contributed by atoms with E-state index in [1.54, 1.807) is 4.90 Å². The number of hydrogen-bond donors (Lipinski definition) is 1. The first-order valence-corrected chi connectivity index (χ1v) is 13.7. The number of carboxylic acids is 1. The Balaban J connectivity index is 1.56. The molecule has 1 aromatic carbocycles. The lowest BCUT2D eigenvalue weighted by molar-refractivity contribution is -0.143. The normalized spacial score (nSPS) is 26.0. The van der Waals surface area contributed by atoms with E-state index in [1.165, 1.54) is 26.4 Å². The maximum atomic E-state index is 12.6. The summed E-state index contributed by atoms with van der Waals surface area (Å²) in [6.45, 7) is 4.15. The molecule has 8 nitrogen and oxygen atoms in total. The van der Waals surface area contributed by atoms with Gasteiger partial charge in [-0.15, -0.1) is 0 Å². The van der Waals surface area contributed by atoms with Crippen molar-refractivity contribution in [3.63, 3.8) is 0 Å². The van der Waals surface area contributed by atoms with Crippen LogP contribution in [0.3, 0.4) is 0 Å². The second-order valence-electron chi connectivity index (χ2n) is 10.9. The summed E-state index contributed by atoms with van der Waals surface area (Å²) in [7, 11) is 1.42. The second kappa shape index (κ2) is 10.4. The fourth-order valence-electron chi connectivity index (χ4n) is 6.60. The van der Waals surface area contributed by atoms with Crippen molar-refractivity contribution in [2.75, 3.05) is 12.0 Å². The van der Waals surface area contributed by atoms with Crippen LogP contribution in [0.15, 0.2) is 12.1 Å².